The Labute approximate surface area is 115 Å². The van der Waals surface area contributed by atoms with Crippen LogP contribution in [0.2, 0.25) is 0 Å². The molecule has 0 unspecified atom stereocenters. The molecule has 106 valence electrons. The van der Waals surface area contributed by atoms with Gasteiger partial charge in [-0.15, -0.1) is 0 Å². The lowest BCUT2D eigenvalue weighted by atomic mass is 10.2. The van der Waals surface area contributed by atoms with Gasteiger partial charge in [-0.25, -0.2) is 4.98 Å². The predicted octanol–water partition coefficient (Wildman–Crippen LogP) is 1.44. The van der Waals surface area contributed by atoms with Gasteiger partial charge in [0.1, 0.15) is 6.10 Å². The van der Waals surface area contributed by atoms with Crippen LogP contribution < -0.4 is 10.1 Å². The largest absolute Gasteiger partial charge is 0.485 e. The number of nitrogens with zero attached hydrogens (tertiary/aromatic N) is 2. The molecule has 20 heavy (non-hydrogen) atoms. The van der Waals surface area contributed by atoms with E-state index in [9.17, 15) is 4.79 Å². The highest BCUT2D eigenvalue weighted by atomic mass is 16.5. The lowest BCUT2D eigenvalue weighted by Crippen LogP contribution is -2.42. The van der Waals surface area contributed by atoms with Crippen molar-refractivity contribution >= 4 is 5.91 Å². The van der Waals surface area contributed by atoms with Crippen molar-refractivity contribution in [1.82, 2.24) is 20.5 Å². The molecule has 1 saturated carbocycles. The van der Waals surface area contributed by atoms with Crippen molar-refractivity contribution in [2.75, 3.05) is 0 Å². The minimum Gasteiger partial charge on any atom is -0.485 e. The number of amides is 1. The van der Waals surface area contributed by atoms with Gasteiger partial charge in [0, 0.05) is 0 Å². The summed E-state index contributed by atoms with van der Waals surface area (Å²) in [5, 5.41) is 9.50. The molecule has 2 aromatic rings. The Kier molecular flexibility index (Phi) is 3.41. The van der Waals surface area contributed by atoms with E-state index in [1.54, 1.807) is 19.3 Å². The van der Waals surface area contributed by atoms with Gasteiger partial charge in [-0.2, -0.15) is 5.10 Å². The molecule has 2 atom stereocenters. The van der Waals surface area contributed by atoms with Crippen LogP contribution in [0.5, 0.6) is 5.75 Å². The maximum Gasteiger partial charge on any atom is 0.289 e. The van der Waals surface area contributed by atoms with Gasteiger partial charge in [0.15, 0.2) is 12.1 Å². The Morgan fingerprint density at radius 3 is 3.15 bits per heavy atom. The first-order valence-electron chi connectivity index (χ1n) is 6.60. The maximum atomic E-state index is 12.1. The molecule has 7 nitrogen and oxygen atoms in total. The van der Waals surface area contributed by atoms with Crippen molar-refractivity contribution in [3.8, 4) is 5.75 Å². The molecular weight excluding hydrogens is 260 g/mol. The molecule has 0 aliphatic heterocycles. The molecule has 0 saturated heterocycles. The molecule has 1 aliphatic rings. The summed E-state index contributed by atoms with van der Waals surface area (Å²) in [6, 6.07) is -0.0260. The van der Waals surface area contributed by atoms with Crippen LogP contribution in [0.25, 0.3) is 0 Å². The highest BCUT2D eigenvalue weighted by Gasteiger charge is 2.31. The van der Waals surface area contributed by atoms with Crippen LogP contribution in [0, 0.1) is 6.92 Å². The average Bonchev–Trinajstić information content (AvgIpc) is 3.13. The Morgan fingerprint density at radius 2 is 2.45 bits per heavy atom. The van der Waals surface area contributed by atoms with Gasteiger partial charge in [0.25, 0.3) is 5.91 Å². The number of aryl methyl sites for hydroxylation is 1. The lowest BCUT2D eigenvalue weighted by molar-refractivity contribution is 0.0865. The molecule has 0 bridgehead atoms. The molecular formula is C13H16N4O3. The lowest BCUT2D eigenvalue weighted by Gasteiger charge is -2.21. The first kappa shape index (κ1) is 12.7. The molecule has 0 radical (unpaired) electrons. The highest BCUT2D eigenvalue weighted by Crippen LogP contribution is 2.24. The van der Waals surface area contributed by atoms with Crippen LogP contribution in [0.3, 0.4) is 0 Å². The average molecular weight is 276 g/mol. The number of hydrogen-bond acceptors (Lipinski definition) is 5. The molecule has 0 spiro atoms. The smallest absolute Gasteiger partial charge is 0.289 e. The summed E-state index contributed by atoms with van der Waals surface area (Å²) in [6.45, 7) is 1.74. The zero-order valence-electron chi connectivity index (χ0n) is 11.1. The van der Waals surface area contributed by atoms with Crippen LogP contribution in [0.1, 0.15) is 35.5 Å². The molecule has 1 aliphatic carbocycles. The number of H-pyrrole nitrogens is 1. The molecule has 2 N–H and O–H groups in total. The fourth-order valence-corrected chi connectivity index (χ4v) is 2.46. The zero-order valence-corrected chi connectivity index (χ0v) is 11.1. The van der Waals surface area contributed by atoms with Crippen LogP contribution in [-0.4, -0.2) is 33.2 Å². The summed E-state index contributed by atoms with van der Waals surface area (Å²) in [5.74, 6) is 0.707. The molecule has 0 aromatic carbocycles. The monoisotopic (exact) mass is 276 g/mol. The van der Waals surface area contributed by atoms with Crippen molar-refractivity contribution in [3.63, 3.8) is 0 Å². The molecule has 2 aromatic heterocycles. The van der Waals surface area contributed by atoms with E-state index >= 15 is 0 Å². The fraction of sp³-hybridized carbons (Fsp3) is 0.462. The number of ether oxygens (including phenoxy) is 1. The number of aromatic nitrogens is 3. The second kappa shape index (κ2) is 5.36. The SMILES string of the molecule is Cc1ncoc1C(=O)N[C@H]1CCC[C@H]1Oc1cn[nH]c1. The summed E-state index contributed by atoms with van der Waals surface area (Å²) < 4.78 is 10.9. The minimum atomic E-state index is -0.243. The van der Waals surface area contributed by atoms with Gasteiger partial charge >= 0.3 is 0 Å². The topological polar surface area (TPSA) is 93.0 Å². The van der Waals surface area contributed by atoms with Gasteiger partial charge < -0.3 is 14.5 Å². The van der Waals surface area contributed by atoms with Crippen molar-refractivity contribution in [2.24, 2.45) is 0 Å². The van der Waals surface area contributed by atoms with E-state index in [1.807, 2.05) is 0 Å². The normalized spacial score (nSPS) is 21.9. The quantitative estimate of drug-likeness (QED) is 0.881. The zero-order chi connectivity index (χ0) is 13.9. The molecule has 1 amide bonds. The Balaban J connectivity index is 1.64. The van der Waals surface area contributed by atoms with Crippen molar-refractivity contribution in [3.05, 3.63) is 30.2 Å². The van der Waals surface area contributed by atoms with E-state index in [0.717, 1.165) is 19.3 Å². The van der Waals surface area contributed by atoms with Gasteiger partial charge in [0.05, 0.1) is 24.1 Å². The summed E-state index contributed by atoms with van der Waals surface area (Å²) in [6.07, 6.45) is 7.36. The number of hydrogen-bond donors (Lipinski definition) is 2. The number of rotatable bonds is 4. The van der Waals surface area contributed by atoms with Crippen LogP contribution in [0.4, 0.5) is 0 Å². The molecule has 1 fully saturated rings. The van der Waals surface area contributed by atoms with E-state index in [-0.39, 0.29) is 23.8 Å². The minimum absolute atomic E-state index is 0.0260. The Bertz CT molecular complexity index is 578. The summed E-state index contributed by atoms with van der Waals surface area (Å²) >= 11 is 0. The second-order valence-corrected chi connectivity index (χ2v) is 4.87. The standard InChI is InChI=1S/C13H16N4O3/c1-8-12(19-7-14-8)13(18)17-10-3-2-4-11(10)20-9-5-15-16-6-9/h5-7,10-11H,2-4H2,1H3,(H,15,16)(H,17,18)/t10-,11+/m0/s1. The second-order valence-electron chi connectivity index (χ2n) is 4.87. The van der Waals surface area contributed by atoms with E-state index in [0.29, 0.717) is 11.4 Å². The summed E-state index contributed by atoms with van der Waals surface area (Å²) in [7, 11) is 0. The fourth-order valence-electron chi connectivity index (χ4n) is 2.46. The predicted molar refractivity (Wildman–Crippen MR) is 69.3 cm³/mol. The Hall–Kier alpha value is -2.31. The van der Waals surface area contributed by atoms with Gasteiger partial charge in [-0.1, -0.05) is 0 Å². The third-order valence-electron chi connectivity index (χ3n) is 3.48. The van der Waals surface area contributed by atoms with E-state index in [4.69, 9.17) is 9.15 Å². The summed E-state index contributed by atoms with van der Waals surface area (Å²) in [5.41, 5.74) is 0.591. The number of carbonyl (C=O) groups excluding carboxylic acids is 1. The highest BCUT2D eigenvalue weighted by molar-refractivity contribution is 5.92. The Morgan fingerprint density at radius 1 is 1.55 bits per heavy atom. The first-order chi connectivity index (χ1) is 9.74. The number of aromatic amines is 1. The third kappa shape index (κ3) is 2.52. The molecule has 7 heteroatoms. The van der Waals surface area contributed by atoms with Crippen molar-refractivity contribution in [1.29, 1.82) is 0 Å². The van der Waals surface area contributed by atoms with Crippen molar-refractivity contribution < 1.29 is 13.9 Å². The van der Waals surface area contributed by atoms with Gasteiger partial charge in [-0.05, 0) is 26.2 Å². The van der Waals surface area contributed by atoms with Crippen LogP contribution in [-0.2, 0) is 0 Å². The third-order valence-corrected chi connectivity index (χ3v) is 3.48. The van der Waals surface area contributed by atoms with E-state index < -0.39 is 0 Å². The number of oxazole rings is 1. The molecule has 3 rings (SSSR count). The molecule has 2 heterocycles. The van der Waals surface area contributed by atoms with Crippen LogP contribution in [0.15, 0.2) is 23.2 Å². The first-order valence-corrected chi connectivity index (χ1v) is 6.60. The van der Waals surface area contributed by atoms with Gasteiger partial charge in [0.2, 0.25) is 5.76 Å². The van der Waals surface area contributed by atoms with E-state index in [1.165, 1.54) is 6.39 Å². The van der Waals surface area contributed by atoms with Crippen molar-refractivity contribution in [2.45, 2.75) is 38.3 Å². The van der Waals surface area contributed by atoms with Gasteiger partial charge in [-0.3, -0.25) is 9.89 Å². The van der Waals surface area contributed by atoms with Crippen LogP contribution >= 0.6 is 0 Å². The number of carbonyl (C=O) groups is 1. The van der Waals surface area contributed by atoms with E-state index in [2.05, 4.69) is 20.5 Å². The summed E-state index contributed by atoms with van der Waals surface area (Å²) in [4.78, 5) is 16.0. The maximum absolute atomic E-state index is 12.1. The number of nitrogens with one attached hydrogen (secondary N) is 2.